The van der Waals surface area contributed by atoms with Gasteiger partial charge in [-0.3, -0.25) is 4.79 Å². The lowest BCUT2D eigenvalue weighted by Gasteiger charge is -1.86. The van der Waals surface area contributed by atoms with E-state index in [-0.39, 0.29) is 0 Å². The Kier molecular flexibility index (Phi) is 5.09. The van der Waals surface area contributed by atoms with Crippen molar-refractivity contribution in [3.8, 4) is 0 Å². The van der Waals surface area contributed by atoms with Gasteiger partial charge in [0.05, 0.1) is 11.4 Å². The maximum atomic E-state index is 9.48. The molecule has 3 nitrogen and oxygen atoms in total. The molecule has 0 rings (SSSR count). The van der Waals surface area contributed by atoms with Crippen LogP contribution >= 0.6 is 11.8 Å². The largest absolute Gasteiger partial charge is 0.349 e. The summed E-state index contributed by atoms with van der Waals surface area (Å²) in [6.45, 7) is 0. The van der Waals surface area contributed by atoms with E-state index in [4.69, 9.17) is 5.41 Å². The van der Waals surface area contributed by atoms with Gasteiger partial charge in [-0.2, -0.15) is 0 Å². The highest BCUT2D eigenvalue weighted by atomic mass is 32.2. The van der Waals surface area contributed by atoms with E-state index in [0.717, 1.165) is 0 Å². The summed E-state index contributed by atoms with van der Waals surface area (Å²) < 4.78 is 0. The Labute approximate surface area is 46.0 Å². The van der Waals surface area contributed by atoms with Crippen LogP contribution in [0, 0.1) is 5.41 Å². The van der Waals surface area contributed by atoms with Gasteiger partial charge in [0.25, 0.3) is 0 Å². The van der Waals surface area contributed by atoms with E-state index in [2.05, 4.69) is 5.32 Å². The second-order valence-electron chi connectivity index (χ2n) is 0.751. The van der Waals surface area contributed by atoms with Crippen molar-refractivity contribution in [1.82, 2.24) is 5.32 Å². The number of hydrogen-bond donors (Lipinski definition) is 2. The van der Waals surface area contributed by atoms with Gasteiger partial charge in [0, 0.05) is 0 Å². The summed E-state index contributed by atoms with van der Waals surface area (Å²) in [7, 11) is 0. The molecule has 0 heterocycles. The van der Waals surface area contributed by atoms with E-state index >= 15 is 0 Å². The quantitative estimate of drug-likeness (QED) is 0.180. The maximum absolute atomic E-state index is 9.48. The maximum Gasteiger partial charge on any atom is 0.207 e. The highest BCUT2D eigenvalue weighted by Crippen LogP contribution is 1.84. The fourth-order valence-corrected chi connectivity index (χ4v) is 0.371. The first-order valence-corrected chi connectivity index (χ1v) is 2.74. The summed E-state index contributed by atoms with van der Waals surface area (Å²) >= 11 is 1.23. The predicted octanol–water partition coefficient (Wildman–Crippen LogP) is 0.0302. The summed E-state index contributed by atoms with van der Waals surface area (Å²) in [6.07, 6.45) is 0.608. The molecule has 0 aliphatic heterocycles. The number of nitrogens with one attached hydrogen (secondary N) is 2. The normalized spacial score (nSPS) is 7.43. The molecule has 0 aromatic rings. The predicted molar refractivity (Wildman–Crippen MR) is 30.4 cm³/mol. The molecule has 0 aliphatic carbocycles. The molecular formula is C3H6N2OS. The average Bonchev–Trinajstić information content (AvgIpc) is 1.69. The van der Waals surface area contributed by atoms with Crippen LogP contribution in [0.5, 0.6) is 0 Å². The van der Waals surface area contributed by atoms with Crippen LogP contribution < -0.4 is 5.32 Å². The third kappa shape index (κ3) is 5.49. The molecule has 40 valence electrons. The number of thioether (sulfide) groups is 1. The Morgan fingerprint density at radius 3 is 3.00 bits per heavy atom. The lowest BCUT2D eigenvalue weighted by Crippen LogP contribution is -2.08. The minimum absolute atomic E-state index is 0.493. The Hall–Kier alpha value is -0.510. The molecule has 0 aliphatic rings. The van der Waals surface area contributed by atoms with Crippen molar-refractivity contribution in [2.75, 3.05) is 5.88 Å². The molecule has 0 fully saturated rings. The zero-order valence-electron chi connectivity index (χ0n) is 3.68. The summed E-state index contributed by atoms with van der Waals surface area (Å²) in [5.41, 5.74) is 1.18. The fourth-order valence-electron chi connectivity index (χ4n) is 0.124. The molecule has 0 radical (unpaired) electrons. The van der Waals surface area contributed by atoms with Crippen LogP contribution in [0.1, 0.15) is 0 Å². The molecule has 0 aromatic heterocycles. The van der Waals surface area contributed by atoms with Gasteiger partial charge >= 0.3 is 0 Å². The van der Waals surface area contributed by atoms with E-state index < -0.39 is 0 Å². The van der Waals surface area contributed by atoms with Crippen LogP contribution in [0.3, 0.4) is 0 Å². The van der Waals surface area contributed by atoms with Crippen molar-refractivity contribution in [2.24, 2.45) is 0 Å². The number of amides is 1. The Balaban J connectivity index is 2.68. The van der Waals surface area contributed by atoms with Crippen LogP contribution in [0.2, 0.25) is 0 Å². The Morgan fingerprint density at radius 1 is 1.86 bits per heavy atom. The first-order valence-electron chi connectivity index (χ1n) is 1.69. The molecule has 2 N–H and O–H groups in total. The van der Waals surface area contributed by atoms with Crippen LogP contribution in [-0.2, 0) is 4.79 Å². The van der Waals surface area contributed by atoms with Crippen molar-refractivity contribution in [3.05, 3.63) is 0 Å². The minimum Gasteiger partial charge on any atom is -0.349 e. The summed E-state index contributed by atoms with van der Waals surface area (Å²) in [5, 5.41) is 8.84. The summed E-state index contributed by atoms with van der Waals surface area (Å²) in [5.74, 6) is 0.493. The highest BCUT2D eigenvalue weighted by Gasteiger charge is 1.73. The third-order valence-corrected chi connectivity index (χ3v) is 0.833. The highest BCUT2D eigenvalue weighted by molar-refractivity contribution is 8.11. The second kappa shape index (κ2) is 5.49. The molecule has 0 spiro atoms. The van der Waals surface area contributed by atoms with Gasteiger partial charge in [-0.1, -0.05) is 11.8 Å². The monoisotopic (exact) mass is 118 g/mol. The fraction of sp³-hybridized carbons (Fsp3) is 0.333. The number of hydrogen-bond acceptors (Lipinski definition) is 3. The lowest BCUT2D eigenvalue weighted by atomic mass is 11.2. The van der Waals surface area contributed by atoms with Crippen molar-refractivity contribution in [1.29, 1.82) is 5.41 Å². The zero-order valence-corrected chi connectivity index (χ0v) is 4.49. The minimum atomic E-state index is 0.493. The van der Waals surface area contributed by atoms with Crippen LogP contribution in [0.4, 0.5) is 0 Å². The van der Waals surface area contributed by atoms with Crippen LogP contribution in [0.25, 0.3) is 0 Å². The molecule has 7 heavy (non-hydrogen) atoms. The third-order valence-electron chi connectivity index (χ3n) is 0.333. The molecule has 0 bridgehead atoms. The zero-order chi connectivity index (χ0) is 5.54. The standard InChI is InChI=1S/C3H6N2OS/c4-1-7-3-5-2-6/h1-2,4H,3H2,(H,5,6). The molecule has 0 unspecified atom stereocenters. The van der Waals surface area contributed by atoms with Crippen LogP contribution in [0.15, 0.2) is 0 Å². The van der Waals surface area contributed by atoms with Gasteiger partial charge in [0.15, 0.2) is 0 Å². The molecule has 0 saturated carbocycles. The average molecular weight is 118 g/mol. The van der Waals surface area contributed by atoms with E-state index in [1.807, 2.05) is 0 Å². The summed E-state index contributed by atoms with van der Waals surface area (Å²) in [4.78, 5) is 9.48. The smallest absolute Gasteiger partial charge is 0.207 e. The number of carbonyl (C=O) groups excluding carboxylic acids is 1. The van der Waals surface area contributed by atoms with Gasteiger partial charge in [0.1, 0.15) is 0 Å². The molecule has 0 aromatic carbocycles. The van der Waals surface area contributed by atoms with Crippen molar-refractivity contribution < 1.29 is 4.79 Å². The van der Waals surface area contributed by atoms with Crippen molar-refractivity contribution >= 4 is 23.7 Å². The topological polar surface area (TPSA) is 53.0 Å². The van der Waals surface area contributed by atoms with E-state index in [9.17, 15) is 4.79 Å². The number of rotatable bonds is 4. The Morgan fingerprint density at radius 2 is 2.57 bits per heavy atom. The van der Waals surface area contributed by atoms with Crippen LogP contribution in [-0.4, -0.2) is 17.8 Å². The number of carbonyl (C=O) groups is 1. The van der Waals surface area contributed by atoms with Gasteiger partial charge in [-0.25, -0.2) is 0 Å². The molecule has 4 heteroatoms. The first kappa shape index (κ1) is 6.49. The summed E-state index contributed by atoms with van der Waals surface area (Å²) in [6, 6.07) is 0. The van der Waals surface area contributed by atoms with Crippen molar-refractivity contribution in [3.63, 3.8) is 0 Å². The molecule has 0 saturated heterocycles. The Bertz CT molecular complexity index is 58.0. The van der Waals surface area contributed by atoms with Gasteiger partial charge < -0.3 is 10.7 Å². The van der Waals surface area contributed by atoms with Gasteiger partial charge in [-0.05, 0) is 0 Å². The molecular weight excluding hydrogens is 112 g/mol. The second-order valence-corrected chi connectivity index (χ2v) is 1.61. The van der Waals surface area contributed by atoms with E-state index in [0.29, 0.717) is 12.3 Å². The van der Waals surface area contributed by atoms with Crippen molar-refractivity contribution in [2.45, 2.75) is 0 Å². The SMILES string of the molecule is N=CSCNC=O. The first-order chi connectivity index (χ1) is 3.41. The van der Waals surface area contributed by atoms with Gasteiger partial charge in [-0.15, -0.1) is 0 Å². The molecule has 0 atom stereocenters. The lowest BCUT2D eigenvalue weighted by molar-refractivity contribution is -0.109. The molecule has 1 amide bonds. The van der Waals surface area contributed by atoms with E-state index in [1.165, 1.54) is 17.3 Å². The van der Waals surface area contributed by atoms with Gasteiger partial charge in [0.2, 0.25) is 6.41 Å². The van der Waals surface area contributed by atoms with E-state index in [1.54, 1.807) is 0 Å².